The second-order valence-corrected chi connectivity index (χ2v) is 7.07. The fourth-order valence-corrected chi connectivity index (χ4v) is 3.92. The first-order valence-electron chi connectivity index (χ1n) is 7.46. The van der Waals surface area contributed by atoms with Crippen molar-refractivity contribution in [1.82, 2.24) is 4.98 Å². The molecule has 0 saturated heterocycles. The summed E-state index contributed by atoms with van der Waals surface area (Å²) in [6.07, 6.45) is 2.09. The molecule has 0 aliphatic heterocycles. The van der Waals surface area contributed by atoms with E-state index >= 15 is 0 Å². The van der Waals surface area contributed by atoms with Gasteiger partial charge in [-0.1, -0.05) is 24.3 Å². The lowest BCUT2D eigenvalue weighted by Gasteiger charge is -2.17. The number of aryl methyl sites for hydroxylation is 1. The molecule has 0 bridgehead atoms. The quantitative estimate of drug-likeness (QED) is 0.686. The molecule has 0 unspecified atom stereocenters. The third-order valence-corrected chi connectivity index (χ3v) is 5.25. The van der Waals surface area contributed by atoms with Crippen LogP contribution in [0.1, 0.15) is 25.0 Å². The molecule has 0 radical (unpaired) electrons. The summed E-state index contributed by atoms with van der Waals surface area (Å²) in [6, 6.07) is 11.9. The molecular formula is C17H22NO3P. The van der Waals surface area contributed by atoms with Gasteiger partial charge in [-0.25, -0.2) is 0 Å². The third-order valence-electron chi connectivity index (χ3n) is 3.19. The van der Waals surface area contributed by atoms with Crippen molar-refractivity contribution in [2.45, 2.75) is 26.9 Å². The number of hydrogen-bond acceptors (Lipinski definition) is 4. The van der Waals surface area contributed by atoms with Crippen molar-refractivity contribution in [2.24, 2.45) is 0 Å². The van der Waals surface area contributed by atoms with Crippen LogP contribution < -0.4 is 0 Å². The molecule has 22 heavy (non-hydrogen) atoms. The second-order valence-electron chi connectivity index (χ2n) is 5.02. The molecule has 0 amide bonds. The van der Waals surface area contributed by atoms with Crippen LogP contribution in [0.2, 0.25) is 0 Å². The zero-order valence-electron chi connectivity index (χ0n) is 13.3. The number of aromatic nitrogens is 1. The van der Waals surface area contributed by atoms with Crippen molar-refractivity contribution in [3.63, 3.8) is 0 Å². The van der Waals surface area contributed by atoms with Gasteiger partial charge in [0, 0.05) is 11.8 Å². The summed E-state index contributed by atoms with van der Waals surface area (Å²) in [6.45, 7) is 6.43. The number of rotatable bonds is 7. The highest BCUT2D eigenvalue weighted by atomic mass is 31.2. The van der Waals surface area contributed by atoms with Gasteiger partial charge in [0.1, 0.15) is 0 Å². The molecule has 118 valence electrons. The Morgan fingerprint density at radius 3 is 2.23 bits per heavy atom. The van der Waals surface area contributed by atoms with E-state index in [0.29, 0.717) is 13.2 Å². The summed E-state index contributed by atoms with van der Waals surface area (Å²) in [5.41, 5.74) is 4.08. The summed E-state index contributed by atoms with van der Waals surface area (Å²) in [5.74, 6) is 0. The highest BCUT2D eigenvalue weighted by Crippen LogP contribution is 2.51. The number of hydrogen-bond donors (Lipinski definition) is 0. The first-order valence-corrected chi connectivity index (χ1v) is 9.19. The number of benzene rings is 1. The normalized spacial score (nSPS) is 11.6. The Morgan fingerprint density at radius 2 is 1.68 bits per heavy atom. The zero-order chi connectivity index (χ0) is 16.0. The molecule has 2 rings (SSSR count). The van der Waals surface area contributed by atoms with Gasteiger partial charge in [0.05, 0.1) is 25.1 Å². The lowest BCUT2D eigenvalue weighted by molar-refractivity contribution is 0.219. The standard InChI is InChI=1S/C17H22NO3P/c1-4-20-22(19,21-5-2)13-15-6-8-16(9-7-15)17-12-14(3)10-11-18-17/h6-12H,4-5,13H2,1-3H3. The molecule has 1 aromatic heterocycles. The van der Waals surface area contributed by atoms with Gasteiger partial charge in [0.25, 0.3) is 0 Å². The molecule has 5 heteroatoms. The fraction of sp³-hybridized carbons (Fsp3) is 0.353. The average molecular weight is 319 g/mol. The predicted molar refractivity (Wildman–Crippen MR) is 89.0 cm³/mol. The van der Waals surface area contributed by atoms with Crippen LogP contribution in [0.4, 0.5) is 0 Å². The highest BCUT2D eigenvalue weighted by Gasteiger charge is 2.23. The molecule has 0 aliphatic rings. The monoisotopic (exact) mass is 319 g/mol. The highest BCUT2D eigenvalue weighted by molar-refractivity contribution is 7.53. The minimum atomic E-state index is -3.05. The van der Waals surface area contributed by atoms with Crippen LogP contribution in [0.25, 0.3) is 11.3 Å². The summed E-state index contributed by atoms with van der Waals surface area (Å²) < 4.78 is 23.2. The third kappa shape index (κ3) is 4.51. The molecule has 0 spiro atoms. The van der Waals surface area contributed by atoms with E-state index in [4.69, 9.17) is 9.05 Å². The van der Waals surface area contributed by atoms with E-state index in [9.17, 15) is 4.57 Å². The topological polar surface area (TPSA) is 48.4 Å². The van der Waals surface area contributed by atoms with Crippen LogP contribution in [0.3, 0.4) is 0 Å². The first-order chi connectivity index (χ1) is 10.6. The van der Waals surface area contributed by atoms with E-state index in [1.807, 2.05) is 57.2 Å². The van der Waals surface area contributed by atoms with Crippen LogP contribution in [-0.2, 0) is 19.8 Å². The molecule has 4 nitrogen and oxygen atoms in total. The van der Waals surface area contributed by atoms with Crippen LogP contribution in [0.15, 0.2) is 42.6 Å². The maximum absolute atomic E-state index is 12.5. The van der Waals surface area contributed by atoms with Crippen LogP contribution >= 0.6 is 7.60 Å². The Hall–Kier alpha value is -1.48. The summed E-state index contributed by atoms with van der Waals surface area (Å²) >= 11 is 0. The average Bonchev–Trinajstić information content (AvgIpc) is 2.48. The Labute approximate surface area is 132 Å². The summed E-state index contributed by atoms with van der Waals surface area (Å²) in [4.78, 5) is 4.37. The summed E-state index contributed by atoms with van der Waals surface area (Å²) in [5, 5.41) is 0. The van der Waals surface area contributed by atoms with Gasteiger partial charge < -0.3 is 9.05 Å². The predicted octanol–water partition coefficient (Wildman–Crippen LogP) is 4.82. The van der Waals surface area contributed by atoms with E-state index in [1.54, 1.807) is 6.20 Å². The van der Waals surface area contributed by atoms with Gasteiger partial charge >= 0.3 is 7.60 Å². The molecule has 2 aromatic rings. The molecule has 0 aliphatic carbocycles. The van der Waals surface area contributed by atoms with Gasteiger partial charge in [-0.3, -0.25) is 9.55 Å². The Morgan fingerprint density at radius 1 is 1.05 bits per heavy atom. The molecule has 1 aromatic carbocycles. The fourth-order valence-electron chi connectivity index (χ4n) is 2.22. The van der Waals surface area contributed by atoms with Crippen molar-refractivity contribution < 1.29 is 13.6 Å². The van der Waals surface area contributed by atoms with Crippen LogP contribution in [0.5, 0.6) is 0 Å². The number of nitrogens with zero attached hydrogens (tertiary/aromatic N) is 1. The molecule has 0 atom stereocenters. The molecule has 0 saturated carbocycles. The van der Waals surface area contributed by atoms with E-state index in [0.717, 1.165) is 16.8 Å². The van der Waals surface area contributed by atoms with Crippen molar-refractivity contribution >= 4 is 7.60 Å². The van der Waals surface area contributed by atoms with Crippen molar-refractivity contribution in [1.29, 1.82) is 0 Å². The van der Waals surface area contributed by atoms with E-state index in [1.165, 1.54) is 5.56 Å². The smallest absolute Gasteiger partial charge is 0.309 e. The lowest BCUT2D eigenvalue weighted by Crippen LogP contribution is -1.99. The minimum Gasteiger partial charge on any atom is -0.309 e. The van der Waals surface area contributed by atoms with E-state index in [-0.39, 0.29) is 6.16 Å². The van der Waals surface area contributed by atoms with Gasteiger partial charge in [-0.05, 0) is 44.0 Å². The maximum Gasteiger partial charge on any atom is 0.335 e. The summed E-state index contributed by atoms with van der Waals surface area (Å²) in [7, 11) is -3.05. The van der Waals surface area contributed by atoms with Gasteiger partial charge in [-0.2, -0.15) is 0 Å². The number of pyridine rings is 1. The zero-order valence-corrected chi connectivity index (χ0v) is 14.2. The molecule has 1 heterocycles. The van der Waals surface area contributed by atoms with Crippen LogP contribution in [-0.4, -0.2) is 18.2 Å². The van der Waals surface area contributed by atoms with E-state index in [2.05, 4.69) is 4.98 Å². The van der Waals surface area contributed by atoms with Crippen molar-refractivity contribution in [3.05, 3.63) is 53.7 Å². The Kier molecular flexibility index (Phi) is 5.90. The molecular weight excluding hydrogens is 297 g/mol. The SMILES string of the molecule is CCOP(=O)(Cc1ccc(-c2cc(C)ccn2)cc1)OCC. The minimum absolute atomic E-state index is 0.288. The van der Waals surface area contributed by atoms with Gasteiger partial charge in [0.2, 0.25) is 0 Å². The van der Waals surface area contributed by atoms with Crippen molar-refractivity contribution in [2.75, 3.05) is 13.2 Å². The second kappa shape index (κ2) is 7.68. The van der Waals surface area contributed by atoms with E-state index < -0.39 is 7.60 Å². The Balaban J connectivity index is 2.16. The molecule has 0 N–H and O–H groups in total. The molecule has 0 fully saturated rings. The van der Waals surface area contributed by atoms with Crippen LogP contribution in [0, 0.1) is 6.92 Å². The van der Waals surface area contributed by atoms with Crippen molar-refractivity contribution in [3.8, 4) is 11.3 Å². The largest absolute Gasteiger partial charge is 0.335 e. The van der Waals surface area contributed by atoms with Gasteiger partial charge in [0.15, 0.2) is 0 Å². The lowest BCUT2D eigenvalue weighted by atomic mass is 10.1. The first kappa shape index (κ1) is 16.9. The maximum atomic E-state index is 12.5. The Bertz CT molecular complexity index is 645. The van der Waals surface area contributed by atoms with Gasteiger partial charge in [-0.15, -0.1) is 0 Å².